The van der Waals surface area contributed by atoms with Crippen LogP contribution in [0.3, 0.4) is 0 Å². The molecule has 0 heterocycles. The molecule has 0 saturated carbocycles. The molecule has 11 heavy (non-hydrogen) atoms. The van der Waals surface area contributed by atoms with Crippen LogP contribution < -0.4 is 11.1 Å². The van der Waals surface area contributed by atoms with Gasteiger partial charge in [-0.1, -0.05) is 0 Å². The molecule has 0 amide bonds. The molecule has 1 atom stereocenters. The lowest BCUT2D eigenvalue weighted by Gasteiger charge is -2.11. The summed E-state index contributed by atoms with van der Waals surface area (Å²) in [6.07, 6.45) is 2.96. The molecule has 0 aromatic heterocycles. The maximum Gasteiger partial charge on any atom is 0.0431 e. The molecule has 68 valence electrons. The predicted octanol–water partition coefficient (Wildman–Crippen LogP) is 0.0858. The highest BCUT2D eigenvalue weighted by Crippen LogP contribution is 1.94. The highest BCUT2D eigenvalue weighted by atomic mass is 16.2. The summed E-state index contributed by atoms with van der Waals surface area (Å²) in [7, 11) is 0. The van der Waals surface area contributed by atoms with Gasteiger partial charge in [0.2, 0.25) is 0 Å². The van der Waals surface area contributed by atoms with E-state index in [0.29, 0.717) is 12.6 Å². The van der Waals surface area contributed by atoms with E-state index in [1.54, 1.807) is 0 Å². The summed E-state index contributed by atoms with van der Waals surface area (Å²) in [6.45, 7) is 4.16. The first-order valence-corrected chi connectivity index (χ1v) is 4.35. The van der Waals surface area contributed by atoms with Gasteiger partial charge in [0.15, 0.2) is 0 Å². The van der Waals surface area contributed by atoms with Crippen molar-refractivity contribution in [2.45, 2.75) is 32.2 Å². The van der Waals surface area contributed by atoms with E-state index in [1.165, 1.54) is 0 Å². The molecular formula is C8H20N2O. The summed E-state index contributed by atoms with van der Waals surface area (Å²) in [5, 5.41) is 11.9. The minimum Gasteiger partial charge on any atom is -0.396 e. The van der Waals surface area contributed by atoms with Crippen molar-refractivity contribution in [3.63, 3.8) is 0 Å². The molecule has 0 aromatic rings. The van der Waals surface area contributed by atoms with E-state index in [1.807, 2.05) is 0 Å². The maximum atomic E-state index is 8.54. The number of nitrogens with one attached hydrogen (secondary N) is 1. The van der Waals surface area contributed by atoms with Crippen LogP contribution in [0.5, 0.6) is 0 Å². The fourth-order valence-electron chi connectivity index (χ4n) is 0.950. The first kappa shape index (κ1) is 10.9. The van der Waals surface area contributed by atoms with Crippen LogP contribution in [-0.4, -0.2) is 30.8 Å². The number of aliphatic hydroxyl groups excluding tert-OH is 1. The normalized spacial score (nSPS) is 13.4. The minimum atomic E-state index is 0.295. The molecule has 0 radical (unpaired) electrons. The Morgan fingerprint density at radius 1 is 1.45 bits per heavy atom. The van der Waals surface area contributed by atoms with E-state index in [9.17, 15) is 0 Å². The average molecular weight is 160 g/mol. The van der Waals surface area contributed by atoms with Crippen LogP contribution in [0.4, 0.5) is 0 Å². The molecule has 0 aliphatic heterocycles. The van der Waals surface area contributed by atoms with Gasteiger partial charge in [-0.15, -0.1) is 0 Å². The van der Waals surface area contributed by atoms with Gasteiger partial charge >= 0.3 is 0 Å². The Hall–Kier alpha value is -0.120. The van der Waals surface area contributed by atoms with Crippen molar-refractivity contribution in [1.82, 2.24) is 5.32 Å². The molecule has 4 N–H and O–H groups in total. The van der Waals surface area contributed by atoms with Crippen molar-refractivity contribution in [3.05, 3.63) is 0 Å². The number of nitrogens with two attached hydrogens (primary N) is 1. The van der Waals surface area contributed by atoms with E-state index in [4.69, 9.17) is 10.8 Å². The lowest BCUT2D eigenvalue weighted by atomic mass is 10.2. The molecule has 0 rings (SSSR count). The molecule has 3 nitrogen and oxygen atoms in total. The van der Waals surface area contributed by atoms with Crippen molar-refractivity contribution in [3.8, 4) is 0 Å². The highest BCUT2D eigenvalue weighted by Gasteiger charge is 1.98. The van der Waals surface area contributed by atoms with Crippen molar-refractivity contribution >= 4 is 0 Å². The van der Waals surface area contributed by atoms with Gasteiger partial charge in [0.25, 0.3) is 0 Å². The van der Waals surface area contributed by atoms with Gasteiger partial charge < -0.3 is 16.2 Å². The van der Waals surface area contributed by atoms with Gasteiger partial charge in [0.05, 0.1) is 0 Å². The third kappa shape index (κ3) is 7.78. The maximum absolute atomic E-state index is 8.54. The Kier molecular flexibility index (Phi) is 7.89. The topological polar surface area (TPSA) is 58.3 Å². The Balaban J connectivity index is 3.02. The van der Waals surface area contributed by atoms with Crippen LogP contribution in [0.1, 0.15) is 26.2 Å². The summed E-state index contributed by atoms with van der Waals surface area (Å²) >= 11 is 0. The van der Waals surface area contributed by atoms with Gasteiger partial charge in [-0.05, 0) is 39.3 Å². The number of aliphatic hydroxyl groups is 1. The van der Waals surface area contributed by atoms with Gasteiger partial charge in [0, 0.05) is 12.6 Å². The standard InChI is InChI=1S/C8H20N2O/c1-8(4-2-7-11)10-6-3-5-9/h8,10-11H,2-7,9H2,1H3. The van der Waals surface area contributed by atoms with Gasteiger partial charge in [0.1, 0.15) is 0 Å². The van der Waals surface area contributed by atoms with Crippen molar-refractivity contribution < 1.29 is 5.11 Å². The van der Waals surface area contributed by atoms with E-state index in [0.717, 1.165) is 32.4 Å². The summed E-state index contributed by atoms with van der Waals surface area (Å²) in [4.78, 5) is 0. The Morgan fingerprint density at radius 3 is 2.73 bits per heavy atom. The molecule has 0 aromatic carbocycles. The van der Waals surface area contributed by atoms with Gasteiger partial charge in [-0.3, -0.25) is 0 Å². The van der Waals surface area contributed by atoms with E-state index in [2.05, 4.69) is 12.2 Å². The van der Waals surface area contributed by atoms with Crippen molar-refractivity contribution in [1.29, 1.82) is 0 Å². The van der Waals surface area contributed by atoms with Crippen LogP contribution in [0, 0.1) is 0 Å². The fraction of sp³-hybridized carbons (Fsp3) is 1.00. The minimum absolute atomic E-state index is 0.295. The molecule has 0 aliphatic carbocycles. The zero-order valence-electron chi connectivity index (χ0n) is 7.34. The monoisotopic (exact) mass is 160 g/mol. The molecule has 0 fully saturated rings. The summed E-state index contributed by atoms with van der Waals surface area (Å²) in [6, 6.07) is 0.508. The smallest absolute Gasteiger partial charge is 0.0431 e. The van der Waals surface area contributed by atoms with Crippen LogP contribution >= 0.6 is 0 Å². The fourth-order valence-corrected chi connectivity index (χ4v) is 0.950. The number of hydrogen-bond donors (Lipinski definition) is 3. The largest absolute Gasteiger partial charge is 0.396 e. The average Bonchev–Trinajstić information content (AvgIpc) is 2.01. The van der Waals surface area contributed by atoms with Gasteiger partial charge in [-0.25, -0.2) is 0 Å². The first-order valence-electron chi connectivity index (χ1n) is 4.35. The van der Waals surface area contributed by atoms with E-state index < -0.39 is 0 Å². The lowest BCUT2D eigenvalue weighted by molar-refractivity contribution is 0.276. The Morgan fingerprint density at radius 2 is 2.18 bits per heavy atom. The third-order valence-corrected chi connectivity index (χ3v) is 1.67. The summed E-state index contributed by atoms with van der Waals surface area (Å²) in [5.74, 6) is 0. The highest BCUT2D eigenvalue weighted by molar-refractivity contribution is 4.59. The third-order valence-electron chi connectivity index (χ3n) is 1.67. The molecule has 3 heteroatoms. The molecular weight excluding hydrogens is 140 g/mol. The zero-order valence-corrected chi connectivity index (χ0v) is 7.34. The van der Waals surface area contributed by atoms with Crippen molar-refractivity contribution in [2.75, 3.05) is 19.7 Å². The zero-order chi connectivity index (χ0) is 8.53. The lowest BCUT2D eigenvalue weighted by Crippen LogP contribution is -2.28. The number of hydrogen-bond acceptors (Lipinski definition) is 3. The van der Waals surface area contributed by atoms with Crippen molar-refractivity contribution in [2.24, 2.45) is 5.73 Å². The SMILES string of the molecule is CC(CCCO)NCCCN. The van der Waals surface area contributed by atoms with Crippen LogP contribution in [0.15, 0.2) is 0 Å². The molecule has 1 unspecified atom stereocenters. The second-order valence-corrected chi connectivity index (χ2v) is 2.86. The number of rotatable bonds is 7. The second kappa shape index (κ2) is 7.98. The van der Waals surface area contributed by atoms with Crippen LogP contribution in [0.25, 0.3) is 0 Å². The molecule has 0 bridgehead atoms. The summed E-state index contributed by atoms with van der Waals surface area (Å²) < 4.78 is 0. The molecule has 0 aliphatic rings. The Labute approximate surface area is 69.0 Å². The predicted molar refractivity (Wildman–Crippen MR) is 47.5 cm³/mol. The van der Waals surface area contributed by atoms with Crippen LogP contribution in [0.2, 0.25) is 0 Å². The van der Waals surface area contributed by atoms with Gasteiger partial charge in [-0.2, -0.15) is 0 Å². The van der Waals surface area contributed by atoms with E-state index >= 15 is 0 Å². The van der Waals surface area contributed by atoms with Crippen LogP contribution in [-0.2, 0) is 0 Å². The quantitative estimate of drug-likeness (QED) is 0.462. The summed E-state index contributed by atoms with van der Waals surface area (Å²) in [5.41, 5.74) is 5.33. The second-order valence-electron chi connectivity index (χ2n) is 2.86. The molecule has 0 spiro atoms. The molecule has 0 saturated heterocycles. The Bertz CT molecular complexity index is 78.5. The van der Waals surface area contributed by atoms with E-state index in [-0.39, 0.29) is 0 Å². The first-order chi connectivity index (χ1) is 5.31.